The number of sulfonamides is 1. The highest BCUT2D eigenvalue weighted by atomic mass is 32.2. The fraction of sp³-hybridized carbons (Fsp3) is 0.500. The van der Waals surface area contributed by atoms with Gasteiger partial charge in [0.1, 0.15) is 11.8 Å². The number of carboxylic acid groups (broad SMARTS) is 1. The molecule has 8 nitrogen and oxygen atoms in total. The molecule has 1 aliphatic rings. The number of carboxylic acids is 1. The number of carbonyl (C=O) groups excluding carboxylic acids is 1. The highest BCUT2D eigenvalue weighted by molar-refractivity contribution is 7.89. The minimum atomic E-state index is -3.72. The fourth-order valence-electron chi connectivity index (χ4n) is 2.66. The van der Waals surface area contributed by atoms with Crippen molar-refractivity contribution in [2.45, 2.75) is 30.7 Å². The van der Waals surface area contributed by atoms with E-state index in [0.717, 1.165) is 0 Å². The van der Waals surface area contributed by atoms with Crippen LogP contribution in [0.5, 0.6) is 5.75 Å². The van der Waals surface area contributed by atoms with E-state index < -0.39 is 33.9 Å². The van der Waals surface area contributed by atoms with Crippen LogP contribution in [-0.4, -0.2) is 55.9 Å². The van der Waals surface area contributed by atoms with E-state index >= 15 is 0 Å². The van der Waals surface area contributed by atoms with Crippen molar-refractivity contribution in [1.82, 2.24) is 9.62 Å². The van der Waals surface area contributed by atoms with E-state index in [1.807, 2.05) is 0 Å². The third-order valence-corrected chi connectivity index (χ3v) is 6.06. The van der Waals surface area contributed by atoms with Crippen LogP contribution in [0.25, 0.3) is 0 Å². The Morgan fingerprint density at radius 2 is 1.96 bits per heavy atom. The van der Waals surface area contributed by atoms with Gasteiger partial charge in [-0.25, -0.2) is 8.42 Å². The SMILES string of the molecule is COc1ccc(S(=O)(=O)N2CCCC(C(=O)N[C@@H](C)C(=O)O)C2)cc1. The zero-order valence-corrected chi connectivity index (χ0v) is 15.0. The van der Waals surface area contributed by atoms with Crippen molar-refractivity contribution in [3.8, 4) is 5.75 Å². The Morgan fingerprint density at radius 3 is 2.52 bits per heavy atom. The van der Waals surface area contributed by atoms with Crippen LogP contribution in [0, 0.1) is 5.92 Å². The second-order valence-corrected chi connectivity index (χ2v) is 7.88. The lowest BCUT2D eigenvalue weighted by Crippen LogP contribution is -2.48. The number of amides is 1. The summed E-state index contributed by atoms with van der Waals surface area (Å²) in [5.41, 5.74) is 0. The number of rotatable bonds is 6. The largest absolute Gasteiger partial charge is 0.497 e. The zero-order chi connectivity index (χ0) is 18.6. The lowest BCUT2D eigenvalue weighted by Gasteiger charge is -2.31. The zero-order valence-electron chi connectivity index (χ0n) is 14.1. The minimum absolute atomic E-state index is 0.0343. The summed E-state index contributed by atoms with van der Waals surface area (Å²) < 4.78 is 31.8. The second kappa shape index (κ2) is 7.83. The van der Waals surface area contributed by atoms with Gasteiger partial charge in [0.15, 0.2) is 0 Å². The van der Waals surface area contributed by atoms with Crippen LogP contribution in [0.3, 0.4) is 0 Å². The Bertz CT molecular complexity index is 731. The molecule has 1 saturated heterocycles. The average molecular weight is 370 g/mol. The molecule has 138 valence electrons. The number of hydrogen-bond acceptors (Lipinski definition) is 5. The van der Waals surface area contributed by atoms with E-state index in [9.17, 15) is 18.0 Å². The quantitative estimate of drug-likeness (QED) is 0.762. The fourth-order valence-corrected chi connectivity index (χ4v) is 4.19. The molecule has 0 radical (unpaired) electrons. The van der Waals surface area contributed by atoms with E-state index in [4.69, 9.17) is 9.84 Å². The summed E-state index contributed by atoms with van der Waals surface area (Å²) in [4.78, 5) is 23.2. The minimum Gasteiger partial charge on any atom is -0.497 e. The molecule has 1 heterocycles. The highest BCUT2D eigenvalue weighted by Gasteiger charge is 2.34. The number of methoxy groups -OCH3 is 1. The van der Waals surface area contributed by atoms with E-state index in [1.165, 1.54) is 30.5 Å². The number of hydrogen-bond donors (Lipinski definition) is 2. The molecule has 0 aliphatic carbocycles. The lowest BCUT2D eigenvalue weighted by molar-refractivity contribution is -0.142. The van der Waals surface area contributed by atoms with E-state index in [-0.39, 0.29) is 11.4 Å². The molecule has 2 N–H and O–H groups in total. The molecule has 0 aromatic heterocycles. The number of benzene rings is 1. The van der Waals surface area contributed by atoms with E-state index in [2.05, 4.69) is 5.32 Å². The molecular formula is C16H22N2O6S. The molecule has 2 rings (SSSR count). The van der Waals surface area contributed by atoms with Crippen LogP contribution in [0.15, 0.2) is 29.2 Å². The van der Waals surface area contributed by atoms with Crippen molar-refractivity contribution >= 4 is 21.9 Å². The molecule has 0 spiro atoms. The Balaban J connectivity index is 2.11. The third-order valence-electron chi connectivity index (χ3n) is 4.18. The maximum Gasteiger partial charge on any atom is 0.325 e. The van der Waals surface area contributed by atoms with Crippen molar-refractivity contribution in [2.75, 3.05) is 20.2 Å². The Labute approximate surface area is 146 Å². The molecule has 1 amide bonds. The molecule has 1 aromatic carbocycles. The predicted molar refractivity (Wildman–Crippen MR) is 89.7 cm³/mol. The van der Waals surface area contributed by atoms with Gasteiger partial charge in [-0.15, -0.1) is 0 Å². The monoisotopic (exact) mass is 370 g/mol. The molecule has 0 bridgehead atoms. The summed E-state index contributed by atoms with van der Waals surface area (Å²) in [5.74, 6) is -1.59. The summed E-state index contributed by atoms with van der Waals surface area (Å²) in [5, 5.41) is 11.3. The Hall–Kier alpha value is -2.13. The van der Waals surface area contributed by atoms with Gasteiger partial charge in [-0.1, -0.05) is 0 Å². The standard InChI is InChI=1S/C16H22N2O6S/c1-11(16(20)21)17-15(19)12-4-3-9-18(10-12)25(22,23)14-7-5-13(24-2)6-8-14/h5-8,11-12H,3-4,9-10H2,1-2H3,(H,17,19)(H,20,21)/t11-,12?/m0/s1. The molecule has 1 aromatic rings. The Kier molecular flexibility index (Phi) is 6.02. The van der Waals surface area contributed by atoms with Crippen LogP contribution in [0.1, 0.15) is 19.8 Å². The summed E-state index contributed by atoms with van der Waals surface area (Å²) >= 11 is 0. The predicted octanol–water partition coefficient (Wildman–Crippen LogP) is 0.685. The van der Waals surface area contributed by atoms with Gasteiger partial charge in [-0.3, -0.25) is 9.59 Å². The summed E-state index contributed by atoms with van der Waals surface area (Å²) in [6.07, 6.45) is 1.06. The summed E-state index contributed by atoms with van der Waals surface area (Å²) in [6.45, 7) is 1.73. The molecule has 1 fully saturated rings. The van der Waals surface area contributed by atoms with Gasteiger partial charge in [0, 0.05) is 13.1 Å². The van der Waals surface area contributed by atoms with Crippen molar-refractivity contribution in [3.63, 3.8) is 0 Å². The molecule has 9 heteroatoms. The van der Waals surface area contributed by atoms with Gasteiger partial charge in [0.25, 0.3) is 0 Å². The molecule has 0 saturated carbocycles. The maximum atomic E-state index is 12.7. The smallest absolute Gasteiger partial charge is 0.325 e. The first kappa shape index (κ1) is 19.2. The summed E-state index contributed by atoms with van der Waals surface area (Å²) in [6, 6.07) is 5.04. The number of piperidine rings is 1. The van der Waals surface area contributed by atoms with Gasteiger partial charge in [-0.05, 0) is 44.0 Å². The average Bonchev–Trinajstić information content (AvgIpc) is 2.61. The van der Waals surface area contributed by atoms with Crippen molar-refractivity contribution in [1.29, 1.82) is 0 Å². The summed E-state index contributed by atoms with van der Waals surface area (Å²) in [7, 11) is -2.22. The lowest BCUT2D eigenvalue weighted by atomic mass is 9.98. The van der Waals surface area contributed by atoms with Gasteiger partial charge < -0.3 is 15.2 Å². The highest BCUT2D eigenvalue weighted by Crippen LogP contribution is 2.25. The van der Waals surface area contributed by atoms with Crippen LogP contribution in [-0.2, 0) is 19.6 Å². The molecule has 2 atom stereocenters. The van der Waals surface area contributed by atoms with Crippen molar-refractivity contribution in [3.05, 3.63) is 24.3 Å². The van der Waals surface area contributed by atoms with Crippen molar-refractivity contribution < 1.29 is 27.9 Å². The first-order chi connectivity index (χ1) is 11.8. The van der Waals surface area contributed by atoms with Gasteiger partial charge in [0.2, 0.25) is 15.9 Å². The third kappa shape index (κ3) is 4.49. The topological polar surface area (TPSA) is 113 Å². The van der Waals surface area contributed by atoms with Crippen LogP contribution >= 0.6 is 0 Å². The van der Waals surface area contributed by atoms with Gasteiger partial charge in [-0.2, -0.15) is 4.31 Å². The normalized spacial score (nSPS) is 19.8. The number of ether oxygens (including phenoxy) is 1. The number of carbonyl (C=O) groups is 2. The first-order valence-electron chi connectivity index (χ1n) is 7.93. The number of nitrogens with one attached hydrogen (secondary N) is 1. The van der Waals surface area contributed by atoms with Crippen molar-refractivity contribution in [2.24, 2.45) is 5.92 Å². The molecule has 1 aliphatic heterocycles. The number of aliphatic carboxylic acids is 1. The molecule has 25 heavy (non-hydrogen) atoms. The number of nitrogens with zero attached hydrogens (tertiary/aromatic N) is 1. The van der Waals surface area contributed by atoms with E-state index in [0.29, 0.717) is 25.1 Å². The van der Waals surface area contributed by atoms with E-state index in [1.54, 1.807) is 12.1 Å². The second-order valence-electron chi connectivity index (χ2n) is 5.95. The first-order valence-corrected chi connectivity index (χ1v) is 9.37. The Morgan fingerprint density at radius 1 is 1.32 bits per heavy atom. The van der Waals surface area contributed by atoms with Crippen LogP contribution < -0.4 is 10.1 Å². The van der Waals surface area contributed by atoms with Crippen LogP contribution in [0.2, 0.25) is 0 Å². The van der Waals surface area contributed by atoms with Crippen LogP contribution in [0.4, 0.5) is 0 Å². The molecular weight excluding hydrogens is 348 g/mol. The maximum absolute atomic E-state index is 12.7. The van der Waals surface area contributed by atoms with Gasteiger partial charge in [0.05, 0.1) is 17.9 Å². The molecule has 1 unspecified atom stereocenters. The van der Waals surface area contributed by atoms with Gasteiger partial charge >= 0.3 is 5.97 Å².